The third kappa shape index (κ3) is 3.92. The van der Waals surface area contributed by atoms with Gasteiger partial charge in [-0.2, -0.15) is 0 Å². The Morgan fingerprint density at radius 3 is 2.31 bits per heavy atom. The molecule has 0 aliphatic carbocycles. The van der Waals surface area contributed by atoms with E-state index in [1.54, 1.807) is 11.8 Å². The Morgan fingerprint density at radius 1 is 1.19 bits per heavy atom. The van der Waals surface area contributed by atoms with E-state index >= 15 is 0 Å². The molecule has 0 N–H and O–H groups in total. The predicted octanol–water partition coefficient (Wildman–Crippen LogP) is 4.46. The summed E-state index contributed by atoms with van der Waals surface area (Å²) in [6, 6.07) is 8.18. The molecule has 1 aliphatic rings. The number of carbonyl (C=O) groups is 1. The molecule has 0 atom stereocenters. The summed E-state index contributed by atoms with van der Waals surface area (Å²) < 4.78 is 12.3. The maximum atomic E-state index is 12.4. The second-order valence-electron chi connectivity index (χ2n) is 7.68. The van der Waals surface area contributed by atoms with E-state index in [1.807, 2.05) is 32.9 Å². The first kappa shape index (κ1) is 18.9. The second-order valence-corrected chi connectivity index (χ2v) is 8.60. The number of hydrogen-bond donors (Lipinski definition) is 0. The van der Waals surface area contributed by atoms with Gasteiger partial charge in [0, 0.05) is 24.5 Å². The summed E-state index contributed by atoms with van der Waals surface area (Å²) >= 11 is 3.48. The highest BCUT2D eigenvalue weighted by Gasteiger charge is 2.43. The van der Waals surface area contributed by atoms with Gasteiger partial charge in [-0.1, -0.05) is 28.1 Å². The normalized spacial score (nSPS) is 17.2. The second kappa shape index (κ2) is 7.02. The fourth-order valence-corrected chi connectivity index (χ4v) is 3.55. The highest BCUT2D eigenvalue weighted by Crippen LogP contribution is 2.41. The summed E-state index contributed by atoms with van der Waals surface area (Å²) in [5.41, 5.74) is 0.231. The van der Waals surface area contributed by atoms with Crippen LogP contribution >= 0.6 is 15.9 Å². The van der Waals surface area contributed by atoms with Crippen molar-refractivity contribution in [1.29, 1.82) is 0 Å². The Hall–Kier alpha value is -1.89. The predicted molar refractivity (Wildman–Crippen MR) is 101 cm³/mol. The molecule has 1 aromatic heterocycles. The van der Waals surface area contributed by atoms with Crippen LogP contribution in [0, 0.1) is 6.92 Å². The number of nitrogens with zero attached hydrogens (tertiary/aromatic N) is 3. The van der Waals surface area contributed by atoms with E-state index in [2.05, 4.69) is 38.3 Å². The molecule has 2 heterocycles. The molecule has 1 amide bonds. The number of piperidine rings is 1. The van der Waals surface area contributed by atoms with Crippen molar-refractivity contribution in [3.63, 3.8) is 0 Å². The van der Waals surface area contributed by atoms with Gasteiger partial charge in [-0.15, -0.1) is 10.2 Å². The minimum Gasteiger partial charge on any atom is -0.444 e. The van der Waals surface area contributed by atoms with E-state index in [-0.39, 0.29) is 11.5 Å². The van der Waals surface area contributed by atoms with E-state index < -0.39 is 5.60 Å². The van der Waals surface area contributed by atoms with Crippen molar-refractivity contribution in [1.82, 2.24) is 15.1 Å². The maximum absolute atomic E-state index is 12.4. The van der Waals surface area contributed by atoms with Gasteiger partial charge in [0.05, 0.1) is 5.41 Å². The minimum atomic E-state index is -0.499. The molecule has 1 aromatic carbocycles. The number of halogens is 1. The van der Waals surface area contributed by atoms with Crippen LogP contribution in [0.4, 0.5) is 4.79 Å². The van der Waals surface area contributed by atoms with Gasteiger partial charge in [0.15, 0.2) is 0 Å². The van der Waals surface area contributed by atoms with Gasteiger partial charge in [0.2, 0.25) is 11.8 Å². The Balaban J connectivity index is 1.86. The zero-order chi connectivity index (χ0) is 18.9. The average molecular weight is 422 g/mol. The van der Waals surface area contributed by atoms with Crippen molar-refractivity contribution in [2.45, 2.75) is 51.6 Å². The lowest BCUT2D eigenvalue weighted by molar-refractivity contribution is 0.0169. The maximum Gasteiger partial charge on any atom is 0.410 e. The Kier molecular flexibility index (Phi) is 5.10. The third-order valence-corrected chi connectivity index (χ3v) is 5.13. The molecule has 2 aromatic rings. The molecule has 1 fully saturated rings. The summed E-state index contributed by atoms with van der Waals surface area (Å²) in [5, 5.41) is 8.33. The molecule has 0 radical (unpaired) electrons. The number of rotatable bonds is 2. The molecule has 26 heavy (non-hydrogen) atoms. The number of carbonyl (C=O) groups excluding carboxylic acids is 1. The van der Waals surface area contributed by atoms with Crippen LogP contribution in [0.2, 0.25) is 0 Å². The molecule has 0 spiro atoms. The largest absolute Gasteiger partial charge is 0.444 e. The van der Waals surface area contributed by atoms with Gasteiger partial charge in [-0.05, 0) is 51.3 Å². The topological polar surface area (TPSA) is 68.5 Å². The minimum absolute atomic E-state index is 0.274. The van der Waals surface area contributed by atoms with Crippen molar-refractivity contribution in [2.24, 2.45) is 0 Å². The Labute approximate surface area is 162 Å². The first-order valence-electron chi connectivity index (χ1n) is 8.74. The molecule has 0 saturated carbocycles. The first-order chi connectivity index (χ1) is 12.2. The molecule has 7 heteroatoms. The molecule has 1 aliphatic heterocycles. The van der Waals surface area contributed by atoms with Crippen LogP contribution in [-0.4, -0.2) is 39.9 Å². The number of ether oxygens (including phenoxy) is 1. The van der Waals surface area contributed by atoms with Crippen LogP contribution in [0.3, 0.4) is 0 Å². The highest BCUT2D eigenvalue weighted by atomic mass is 79.9. The zero-order valence-corrected chi connectivity index (χ0v) is 17.2. The van der Waals surface area contributed by atoms with Crippen LogP contribution in [0.25, 0.3) is 0 Å². The number of likely N-dealkylation sites (tertiary alicyclic amines) is 1. The number of hydrogen-bond acceptors (Lipinski definition) is 5. The SMILES string of the molecule is Cc1nnc(C2(c3ccc(Br)cc3)CCN(C(=O)OC(C)(C)C)CC2)o1. The van der Waals surface area contributed by atoms with Gasteiger partial charge in [0.25, 0.3) is 0 Å². The van der Waals surface area contributed by atoms with Crippen LogP contribution in [0.1, 0.15) is 51.0 Å². The molecular weight excluding hydrogens is 398 g/mol. The zero-order valence-electron chi connectivity index (χ0n) is 15.6. The van der Waals surface area contributed by atoms with E-state index in [0.29, 0.717) is 37.7 Å². The lowest BCUT2D eigenvalue weighted by Gasteiger charge is -2.40. The summed E-state index contributed by atoms with van der Waals surface area (Å²) in [6.45, 7) is 8.58. The fraction of sp³-hybridized carbons (Fsp3) is 0.526. The molecular formula is C19H24BrN3O3. The van der Waals surface area contributed by atoms with Crippen molar-refractivity contribution < 1.29 is 13.9 Å². The summed E-state index contributed by atoms with van der Waals surface area (Å²) in [4.78, 5) is 14.1. The molecule has 0 unspecified atom stereocenters. The molecule has 6 nitrogen and oxygen atoms in total. The first-order valence-corrected chi connectivity index (χ1v) is 9.53. The van der Waals surface area contributed by atoms with Crippen molar-refractivity contribution in [3.8, 4) is 0 Å². The summed E-state index contributed by atoms with van der Waals surface area (Å²) in [6.07, 6.45) is 1.13. The molecule has 0 bridgehead atoms. The summed E-state index contributed by atoms with van der Waals surface area (Å²) in [7, 11) is 0. The van der Waals surface area contributed by atoms with Gasteiger partial charge in [-0.3, -0.25) is 0 Å². The quantitative estimate of drug-likeness (QED) is 0.715. The van der Waals surface area contributed by atoms with E-state index in [1.165, 1.54) is 0 Å². The number of benzene rings is 1. The Morgan fingerprint density at radius 2 is 1.81 bits per heavy atom. The lowest BCUT2D eigenvalue weighted by Crippen LogP contribution is -2.47. The van der Waals surface area contributed by atoms with Crippen molar-refractivity contribution in [3.05, 3.63) is 46.1 Å². The average Bonchev–Trinajstić information content (AvgIpc) is 3.01. The van der Waals surface area contributed by atoms with E-state index in [0.717, 1.165) is 10.0 Å². The smallest absolute Gasteiger partial charge is 0.410 e. The van der Waals surface area contributed by atoms with E-state index in [9.17, 15) is 4.79 Å². The molecule has 3 rings (SSSR count). The standard InChI is InChI=1S/C19H24BrN3O3/c1-13-21-22-16(25-13)19(14-5-7-15(20)8-6-14)9-11-23(12-10-19)17(24)26-18(2,3)4/h5-8H,9-12H2,1-4H3. The lowest BCUT2D eigenvalue weighted by atomic mass is 9.72. The van der Waals surface area contributed by atoms with Crippen LogP contribution < -0.4 is 0 Å². The van der Waals surface area contributed by atoms with Gasteiger partial charge >= 0.3 is 6.09 Å². The fourth-order valence-electron chi connectivity index (χ4n) is 3.28. The van der Waals surface area contributed by atoms with Gasteiger partial charge in [-0.25, -0.2) is 4.79 Å². The number of aromatic nitrogens is 2. The Bertz CT molecular complexity index is 772. The highest BCUT2D eigenvalue weighted by molar-refractivity contribution is 9.10. The number of aryl methyl sites for hydroxylation is 1. The molecule has 140 valence electrons. The number of amides is 1. The van der Waals surface area contributed by atoms with Crippen LogP contribution in [-0.2, 0) is 10.2 Å². The monoisotopic (exact) mass is 421 g/mol. The van der Waals surface area contributed by atoms with Gasteiger partial charge < -0.3 is 14.1 Å². The van der Waals surface area contributed by atoms with E-state index in [4.69, 9.17) is 9.15 Å². The molecule has 1 saturated heterocycles. The van der Waals surface area contributed by atoms with Gasteiger partial charge in [0.1, 0.15) is 5.60 Å². The summed E-state index contributed by atoms with van der Waals surface area (Å²) in [5.74, 6) is 1.16. The van der Waals surface area contributed by atoms with Crippen molar-refractivity contribution >= 4 is 22.0 Å². The van der Waals surface area contributed by atoms with Crippen LogP contribution in [0.5, 0.6) is 0 Å². The van der Waals surface area contributed by atoms with Crippen molar-refractivity contribution in [2.75, 3.05) is 13.1 Å². The van der Waals surface area contributed by atoms with Crippen LogP contribution in [0.15, 0.2) is 33.2 Å². The third-order valence-electron chi connectivity index (χ3n) is 4.60.